The van der Waals surface area contributed by atoms with Crippen molar-refractivity contribution in [2.24, 2.45) is 11.3 Å². The van der Waals surface area contributed by atoms with E-state index < -0.39 is 0 Å². The second-order valence-electron chi connectivity index (χ2n) is 5.26. The molecule has 74 valence electrons. The Balaban J connectivity index is 3.12. The van der Waals surface area contributed by atoms with Gasteiger partial charge in [0.1, 0.15) is 0 Å². The van der Waals surface area contributed by atoms with Crippen molar-refractivity contribution in [3.05, 3.63) is 0 Å². The van der Waals surface area contributed by atoms with Gasteiger partial charge in [-0.05, 0) is 37.3 Å². The van der Waals surface area contributed by atoms with Crippen LogP contribution in [0.15, 0.2) is 0 Å². The third kappa shape index (κ3) is 9.96. The first-order valence-corrected chi connectivity index (χ1v) is 5.12. The lowest BCUT2D eigenvalue weighted by Gasteiger charge is -2.17. The Kier molecular flexibility index (Phi) is 5.56. The number of hydrogen-bond donors (Lipinski definition) is 1. The second kappa shape index (κ2) is 5.58. The smallest absolute Gasteiger partial charge is 0.00258 e. The van der Waals surface area contributed by atoms with Crippen LogP contribution in [-0.2, 0) is 0 Å². The van der Waals surface area contributed by atoms with Crippen LogP contribution in [0, 0.1) is 11.3 Å². The van der Waals surface area contributed by atoms with Gasteiger partial charge >= 0.3 is 0 Å². The van der Waals surface area contributed by atoms with E-state index in [0.717, 1.165) is 12.5 Å². The zero-order valence-corrected chi connectivity index (χ0v) is 9.41. The minimum atomic E-state index is 0.500. The molecule has 1 nitrogen and oxygen atoms in total. The summed E-state index contributed by atoms with van der Waals surface area (Å²) in [5.74, 6) is 0.777. The van der Waals surface area contributed by atoms with Gasteiger partial charge in [0.2, 0.25) is 0 Å². The molecule has 0 aromatic heterocycles. The molecule has 0 aromatic carbocycles. The predicted molar refractivity (Wildman–Crippen MR) is 56.4 cm³/mol. The summed E-state index contributed by atoms with van der Waals surface area (Å²) in [6.07, 6.45) is 2.62. The van der Waals surface area contributed by atoms with Crippen LogP contribution in [0.3, 0.4) is 0 Å². The molecule has 0 atom stereocenters. The second-order valence-corrected chi connectivity index (χ2v) is 5.26. The largest absolute Gasteiger partial charge is 0.316 e. The molecule has 0 rings (SSSR count). The summed E-state index contributed by atoms with van der Waals surface area (Å²) in [4.78, 5) is 0. The first-order chi connectivity index (χ1) is 5.42. The first-order valence-electron chi connectivity index (χ1n) is 5.12. The van der Waals surface area contributed by atoms with Crippen LogP contribution in [0.1, 0.15) is 47.5 Å². The lowest BCUT2D eigenvalue weighted by Crippen LogP contribution is -2.21. The summed E-state index contributed by atoms with van der Waals surface area (Å²) >= 11 is 0. The van der Waals surface area contributed by atoms with Crippen molar-refractivity contribution in [3.63, 3.8) is 0 Å². The van der Waals surface area contributed by atoms with Crippen molar-refractivity contribution in [2.45, 2.75) is 47.5 Å². The van der Waals surface area contributed by atoms with Crippen molar-refractivity contribution >= 4 is 0 Å². The van der Waals surface area contributed by atoms with Gasteiger partial charge in [-0.2, -0.15) is 0 Å². The van der Waals surface area contributed by atoms with Gasteiger partial charge in [-0.3, -0.25) is 0 Å². The normalized spacial score (nSPS) is 12.5. The fourth-order valence-electron chi connectivity index (χ4n) is 1.13. The molecule has 0 saturated heterocycles. The Hall–Kier alpha value is -0.0400. The topological polar surface area (TPSA) is 12.0 Å². The van der Waals surface area contributed by atoms with Crippen LogP contribution in [-0.4, -0.2) is 13.1 Å². The van der Waals surface area contributed by atoms with Crippen molar-refractivity contribution in [1.82, 2.24) is 5.32 Å². The third-order valence-electron chi connectivity index (χ3n) is 1.83. The Labute approximate surface area is 77.9 Å². The van der Waals surface area contributed by atoms with E-state index in [-0.39, 0.29) is 0 Å². The summed E-state index contributed by atoms with van der Waals surface area (Å²) in [6, 6.07) is 0. The van der Waals surface area contributed by atoms with Gasteiger partial charge in [0, 0.05) is 0 Å². The molecule has 0 spiro atoms. The average molecular weight is 171 g/mol. The van der Waals surface area contributed by atoms with Crippen molar-refractivity contribution in [3.8, 4) is 0 Å². The molecule has 0 unspecified atom stereocenters. The van der Waals surface area contributed by atoms with Crippen LogP contribution < -0.4 is 5.32 Å². The van der Waals surface area contributed by atoms with E-state index in [1.807, 2.05) is 0 Å². The van der Waals surface area contributed by atoms with Gasteiger partial charge in [-0.1, -0.05) is 34.6 Å². The molecular weight excluding hydrogens is 146 g/mol. The van der Waals surface area contributed by atoms with E-state index in [0.29, 0.717) is 5.41 Å². The summed E-state index contributed by atoms with van der Waals surface area (Å²) in [5, 5.41) is 3.46. The monoisotopic (exact) mass is 171 g/mol. The Morgan fingerprint density at radius 3 is 2.17 bits per heavy atom. The standard InChI is InChI=1S/C11H25N/c1-10(2)9-12-8-6-7-11(3,4)5/h10,12H,6-9H2,1-5H3. The van der Waals surface area contributed by atoms with Gasteiger partial charge in [-0.15, -0.1) is 0 Å². The molecule has 0 amide bonds. The molecular formula is C11H25N. The molecule has 0 aromatic rings. The van der Waals surface area contributed by atoms with Crippen molar-refractivity contribution in [2.75, 3.05) is 13.1 Å². The maximum absolute atomic E-state index is 3.46. The molecule has 0 aliphatic carbocycles. The molecule has 0 fully saturated rings. The summed E-state index contributed by atoms with van der Waals surface area (Å²) in [5.41, 5.74) is 0.500. The van der Waals surface area contributed by atoms with Gasteiger partial charge in [0.15, 0.2) is 0 Å². The van der Waals surface area contributed by atoms with Gasteiger partial charge in [0.05, 0.1) is 0 Å². The van der Waals surface area contributed by atoms with Crippen LogP contribution in [0.4, 0.5) is 0 Å². The highest BCUT2D eigenvalue weighted by atomic mass is 14.8. The summed E-state index contributed by atoms with van der Waals surface area (Å²) in [7, 11) is 0. The molecule has 1 N–H and O–H groups in total. The fraction of sp³-hybridized carbons (Fsp3) is 1.00. The Morgan fingerprint density at radius 1 is 1.17 bits per heavy atom. The number of nitrogens with one attached hydrogen (secondary N) is 1. The van der Waals surface area contributed by atoms with E-state index in [1.165, 1.54) is 19.4 Å². The lowest BCUT2D eigenvalue weighted by molar-refractivity contribution is 0.359. The maximum atomic E-state index is 3.46. The fourth-order valence-corrected chi connectivity index (χ4v) is 1.13. The highest BCUT2D eigenvalue weighted by Gasteiger charge is 2.08. The van der Waals surface area contributed by atoms with Crippen LogP contribution in [0.25, 0.3) is 0 Å². The Morgan fingerprint density at radius 2 is 1.75 bits per heavy atom. The predicted octanol–water partition coefficient (Wildman–Crippen LogP) is 3.06. The first kappa shape index (κ1) is 12.0. The third-order valence-corrected chi connectivity index (χ3v) is 1.83. The minimum absolute atomic E-state index is 0.500. The zero-order valence-electron chi connectivity index (χ0n) is 9.41. The van der Waals surface area contributed by atoms with Gasteiger partial charge in [0.25, 0.3) is 0 Å². The lowest BCUT2D eigenvalue weighted by atomic mass is 9.91. The van der Waals surface area contributed by atoms with Gasteiger partial charge in [-0.25, -0.2) is 0 Å². The quantitative estimate of drug-likeness (QED) is 0.627. The molecule has 0 aliphatic rings. The highest BCUT2D eigenvalue weighted by molar-refractivity contribution is 4.62. The van der Waals surface area contributed by atoms with E-state index in [2.05, 4.69) is 39.9 Å². The van der Waals surface area contributed by atoms with Crippen molar-refractivity contribution < 1.29 is 0 Å². The van der Waals surface area contributed by atoms with Crippen molar-refractivity contribution in [1.29, 1.82) is 0 Å². The minimum Gasteiger partial charge on any atom is -0.316 e. The molecule has 0 radical (unpaired) electrons. The molecule has 1 heteroatoms. The molecule has 0 heterocycles. The molecule has 12 heavy (non-hydrogen) atoms. The Bertz CT molecular complexity index is 100. The zero-order chi connectivity index (χ0) is 9.61. The van der Waals surface area contributed by atoms with E-state index >= 15 is 0 Å². The van der Waals surface area contributed by atoms with E-state index in [9.17, 15) is 0 Å². The molecule has 0 aliphatic heterocycles. The SMILES string of the molecule is CC(C)CNCCCC(C)(C)C. The highest BCUT2D eigenvalue weighted by Crippen LogP contribution is 2.19. The number of hydrogen-bond acceptors (Lipinski definition) is 1. The number of rotatable bonds is 5. The summed E-state index contributed by atoms with van der Waals surface area (Å²) in [6.45, 7) is 13.7. The van der Waals surface area contributed by atoms with Crippen LogP contribution in [0.2, 0.25) is 0 Å². The van der Waals surface area contributed by atoms with Gasteiger partial charge < -0.3 is 5.32 Å². The molecule has 0 bridgehead atoms. The molecule has 0 saturated carbocycles. The van der Waals surface area contributed by atoms with Crippen LogP contribution >= 0.6 is 0 Å². The maximum Gasteiger partial charge on any atom is -0.00258 e. The summed E-state index contributed by atoms with van der Waals surface area (Å²) < 4.78 is 0. The van der Waals surface area contributed by atoms with E-state index in [4.69, 9.17) is 0 Å². The van der Waals surface area contributed by atoms with Crippen LogP contribution in [0.5, 0.6) is 0 Å². The van der Waals surface area contributed by atoms with E-state index in [1.54, 1.807) is 0 Å². The average Bonchev–Trinajstić information content (AvgIpc) is 1.83.